The molecule has 0 aromatic heterocycles. The molecule has 2 heterocycles. The number of benzene rings is 3. The molecule has 2 aliphatic heterocycles. The van der Waals surface area contributed by atoms with E-state index in [9.17, 15) is 0 Å². The average Bonchev–Trinajstić information content (AvgIpc) is 3.22. The molecule has 5 heteroatoms. The lowest BCUT2D eigenvalue weighted by atomic mass is 10.0. The fraction of sp³-hybridized carbons (Fsp3) is 0.438. The second kappa shape index (κ2) is 11.5. The van der Waals surface area contributed by atoms with Gasteiger partial charge in [-0.1, -0.05) is 100 Å². The van der Waals surface area contributed by atoms with Crippen molar-refractivity contribution in [1.82, 2.24) is 0 Å². The number of hydrogen-bond donors (Lipinski definition) is 0. The molecule has 2 bridgehead atoms. The molecule has 0 aliphatic carbocycles. The van der Waals surface area contributed by atoms with Crippen LogP contribution in [0, 0.1) is 5.92 Å². The van der Waals surface area contributed by atoms with Crippen LogP contribution in [0.15, 0.2) is 84.9 Å². The number of ether oxygens (including phenoxy) is 3. The second-order valence-electron chi connectivity index (χ2n) is 11.4. The molecular formula is C32H42O4Si. The zero-order chi connectivity index (χ0) is 26.5. The first-order valence-electron chi connectivity index (χ1n) is 13.4. The van der Waals surface area contributed by atoms with E-state index in [0.717, 1.165) is 18.8 Å². The van der Waals surface area contributed by atoms with Gasteiger partial charge in [0.2, 0.25) is 0 Å². The molecule has 198 valence electrons. The highest BCUT2D eigenvalue weighted by Gasteiger charge is 2.51. The highest BCUT2D eigenvalue weighted by Crippen LogP contribution is 2.38. The summed E-state index contributed by atoms with van der Waals surface area (Å²) < 4.78 is 24.5. The standard InChI is InChI=1S/C25H36O3Si.C7H6O/c1-7-23-20(18-26-25(5,6)28-23)19-27-29(24(2,3)4,21-14-10-8-11-15-21)22-16-12-9-13-17-22;1-2-6-4-7(3-1)8-5-6/h8-17,20,23H,7,18-19H2,1-6H3;1-4H,5H2. The second-order valence-corrected chi connectivity index (χ2v) is 15.8. The lowest BCUT2D eigenvalue weighted by Gasteiger charge is -2.46. The Kier molecular flexibility index (Phi) is 8.59. The third-order valence-corrected chi connectivity index (χ3v) is 12.2. The van der Waals surface area contributed by atoms with Gasteiger partial charge in [-0.05, 0) is 53.4 Å². The molecule has 2 atom stereocenters. The number of rotatable bonds is 6. The van der Waals surface area contributed by atoms with Crippen LogP contribution in [0.25, 0.3) is 0 Å². The molecule has 3 aromatic rings. The SMILES string of the molecule is CCC1OC(C)(C)OCC1CO[Si](c1ccccc1)(c1ccccc1)C(C)(C)C.c1cc2cc(c1)OC2. The van der Waals surface area contributed by atoms with Crippen LogP contribution in [0.4, 0.5) is 0 Å². The molecule has 1 fully saturated rings. The van der Waals surface area contributed by atoms with E-state index in [1.54, 1.807) is 0 Å². The highest BCUT2D eigenvalue weighted by molar-refractivity contribution is 6.99. The Hall–Kier alpha value is -2.44. The van der Waals surface area contributed by atoms with Crippen LogP contribution in [0.3, 0.4) is 0 Å². The maximum atomic E-state index is 7.08. The summed E-state index contributed by atoms with van der Waals surface area (Å²) in [4.78, 5) is 0. The van der Waals surface area contributed by atoms with E-state index in [1.807, 2.05) is 26.0 Å². The van der Waals surface area contributed by atoms with Crippen LogP contribution in [0.1, 0.15) is 53.5 Å². The van der Waals surface area contributed by atoms with Gasteiger partial charge >= 0.3 is 0 Å². The molecule has 0 N–H and O–H groups in total. The van der Waals surface area contributed by atoms with E-state index >= 15 is 0 Å². The molecule has 0 amide bonds. The fourth-order valence-electron chi connectivity index (χ4n) is 5.37. The Bertz CT molecular complexity index is 1070. The lowest BCUT2D eigenvalue weighted by Crippen LogP contribution is -2.67. The molecule has 0 spiro atoms. The maximum absolute atomic E-state index is 7.08. The molecule has 2 unspecified atom stereocenters. The summed E-state index contributed by atoms with van der Waals surface area (Å²) in [5.41, 5.74) is 1.28. The molecule has 0 radical (unpaired) electrons. The minimum absolute atomic E-state index is 0.0208. The van der Waals surface area contributed by atoms with Crippen molar-refractivity contribution in [1.29, 1.82) is 0 Å². The summed E-state index contributed by atoms with van der Waals surface area (Å²) in [5.74, 6) is 0.714. The Labute approximate surface area is 224 Å². The van der Waals surface area contributed by atoms with Crippen molar-refractivity contribution >= 4 is 18.7 Å². The van der Waals surface area contributed by atoms with Crippen molar-refractivity contribution in [3.63, 3.8) is 0 Å². The molecular weight excluding hydrogens is 476 g/mol. The minimum Gasteiger partial charge on any atom is -0.489 e. The van der Waals surface area contributed by atoms with Gasteiger partial charge < -0.3 is 18.6 Å². The zero-order valence-electron chi connectivity index (χ0n) is 23.2. The van der Waals surface area contributed by atoms with Gasteiger partial charge in [0.25, 0.3) is 8.32 Å². The van der Waals surface area contributed by atoms with Crippen molar-refractivity contribution in [2.45, 2.75) is 71.5 Å². The molecule has 1 saturated heterocycles. The van der Waals surface area contributed by atoms with Crippen LogP contribution >= 0.6 is 0 Å². The fourth-order valence-corrected chi connectivity index (χ4v) is 9.99. The zero-order valence-corrected chi connectivity index (χ0v) is 24.2. The summed E-state index contributed by atoms with van der Waals surface area (Å²) in [6, 6.07) is 29.7. The smallest absolute Gasteiger partial charge is 0.261 e. The van der Waals surface area contributed by atoms with Crippen LogP contribution in [0.5, 0.6) is 5.75 Å². The van der Waals surface area contributed by atoms with Gasteiger partial charge in [-0.15, -0.1) is 0 Å². The van der Waals surface area contributed by atoms with Crippen molar-refractivity contribution < 1.29 is 18.6 Å². The molecule has 5 rings (SSSR count). The van der Waals surface area contributed by atoms with Gasteiger partial charge in [0, 0.05) is 12.5 Å². The van der Waals surface area contributed by atoms with Gasteiger partial charge in [-0.2, -0.15) is 0 Å². The van der Waals surface area contributed by atoms with Gasteiger partial charge in [-0.25, -0.2) is 0 Å². The third-order valence-electron chi connectivity index (χ3n) is 7.24. The molecule has 2 aliphatic rings. The molecule has 0 saturated carbocycles. The first kappa shape index (κ1) is 27.6. The van der Waals surface area contributed by atoms with Crippen LogP contribution in [-0.4, -0.2) is 33.4 Å². The maximum Gasteiger partial charge on any atom is 0.261 e. The topological polar surface area (TPSA) is 36.9 Å². The summed E-state index contributed by atoms with van der Waals surface area (Å²) in [7, 11) is -2.52. The van der Waals surface area contributed by atoms with Crippen molar-refractivity contribution in [2.75, 3.05) is 13.2 Å². The van der Waals surface area contributed by atoms with Crippen molar-refractivity contribution in [2.24, 2.45) is 5.92 Å². The third kappa shape index (κ3) is 6.35. The van der Waals surface area contributed by atoms with E-state index in [1.165, 1.54) is 15.9 Å². The van der Waals surface area contributed by atoms with Crippen molar-refractivity contribution in [3.8, 4) is 5.75 Å². The molecule has 3 aromatic carbocycles. The van der Waals surface area contributed by atoms with Crippen molar-refractivity contribution in [3.05, 3.63) is 90.5 Å². The monoisotopic (exact) mass is 518 g/mol. The minimum atomic E-state index is -2.52. The van der Waals surface area contributed by atoms with E-state index in [2.05, 4.69) is 100 Å². The van der Waals surface area contributed by atoms with Crippen LogP contribution < -0.4 is 15.1 Å². The van der Waals surface area contributed by atoms with E-state index in [-0.39, 0.29) is 17.1 Å². The summed E-state index contributed by atoms with van der Waals surface area (Å²) in [5, 5.41) is 2.60. The Morgan fingerprint density at radius 1 is 0.892 bits per heavy atom. The highest BCUT2D eigenvalue weighted by atomic mass is 28.4. The van der Waals surface area contributed by atoms with Gasteiger partial charge in [0.05, 0.1) is 12.7 Å². The Balaban J connectivity index is 0.000000335. The van der Waals surface area contributed by atoms with E-state index in [0.29, 0.717) is 13.2 Å². The summed E-state index contributed by atoms with van der Waals surface area (Å²) in [6.07, 6.45) is 1.11. The number of fused-ring (bicyclic) bond motifs is 2. The molecule has 4 nitrogen and oxygen atoms in total. The Morgan fingerprint density at radius 2 is 1.51 bits per heavy atom. The summed E-state index contributed by atoms with van der Waals surface area (Å²) >= 11 is 0. The average molecular weight is 519 g/mol. The quantitative estimate of drug-likeness (QED) is 0.358. The number of hydrogen-bond acceptors (Lipinski definition) is 4. The van der Waals surface area contributed by atoms with Crippen LogP contribution in [-0.2, 0) is 20.5 Å². The summed E-state index contributed by atoms with van der Waals surface area (Å²) in [6.45, 7) is 15.2. The predicted molar refractivity (Wildman–Crippen MR) is 153 cm³/mol. The first-order valence-corrected chi connectivity index (χ1v) is 15.3. The van der Waals surface area contributed by atoms with Gasteiger partial charge in [0.15, 0.2) is 5.79 Å². The predicted octanol–water partition coefficient (Wildman–Crippen LogP) is 6.32. The van der Waals surface area contributed by atoms with Gasteiger partial charge in [0.1, 0.15) is 12.4 Å². The largest absolute Gasteiger partial charge is 0.489 e. The first-order chi connectivity index (χ1) is 17.6. The molecule has 37 heavy (non-hydrogen) atoms. The van der Waals surface area contributed by atoms with Gasteiger partial charge in [-0.3, -0.25) is 0 Å². The lowest BCUT2D eigenvalue weighted by molar-refractivity contribution is -0.295. The normalized spacial score (nSPS) is 20.5. The van der Waals surface area contributed by atoms with E-state index in [4.69, 9.17) is 18.6 Å². The van der Waals surface area contributed by atoms with Crippen LogP contribution in [0.2, 0.25) is 5.04 Å². The van der Waals surface area contributed by atoms with E-state index < -0.39 is 14.1 Å². The Morgan fingerprint density at radius 3 is 2.03 bits per heavy atom.